The van der Waals surface area contributed by atoms with Crippen LogP contribution in [0.4, 0.5) is 0 Å². The van der Waals surface area contributed by atoms with E-state index in [2.05, 4.69) is 15.0 Å². The molecule has 0 aliphatic rings. The van der Waals surface area contributed by atoms with Gasteiger partial charge in [0, 0.05) is 18.5 Å². The lowest BCUT2D eigenvalue weighted by Gasteiger charge is -2.00. The van der Waals surface area contributed by atoms with E-state index in [-0.39, 0.29) is 12.2 Å². The standard InChI is InChI=1S/C12H10N4O2S/c17-7-8-11(14-9-3-1-2-6-16(8)9)19-12-13-5-4-10(18)15-12/h1-6,17H,7H2,(H,13,15,18). The monoisotopic (exact) mass is 274 g/mol. The summed E-state index contributed by atoms with van der Waals surface area (Å²) in [5.74, 6) is 0. The van der Waals surface area contributed by atoms with Crippen molar-refractivity contribution in [1.82, 2.24) is 19.4 Å². The highest BCUT2D eigenvalue weighted by molar-refractivity contribution is 7.99. The lowest BCUT2D eigenvalue weighted by Crippen LogP contribution is -2.05. The molecule has 0 aliphatic carbocycles. The molecule has 0 radical (unpaired) electrons. The van der Waals surface area contributed by atoms with Crippen LogP contribution in [0.15, 0.2) is 51.6 Å². The normalized spacial score (nSPS) is 11.0. The van der Waals surface area contributed by atoms with Gasteiger partial charge in [0.2, 0.25) is 0 Å². The number of hydrogen-bond donors (Lipinski definition) is 2. The topological polar surface area (TPSA) is 83.3 Å². The Morgan fingerprint density at radius 1 is 1.37 bits per heavy atom. The van der Waals surface area contributed by atoms with Crippen LogP contribution >= 0.6 is 11.8 Å². The first-order valence-electron chi connectivity index (χ1n) is 5.58. The lowest BCUT2D eigenvalue weighted by atomic mass is 10.4. The fourth-order valence-electron chi connectivity index (χ4n) is 1.75. The molecule has 3 rings (SSSR count). The molecule has 0 spiro atoms. The molecule has 0 aromatic carbocycles. The molecular weight excluding hydrogens is 264 g/mol. The molecule has 3 aromatic heterocycles. The Bertz CT molecular complexity index is 780. The van der Waals surface area contributed by atoms with E-state index in [1.54, 1.807) is 0 Å². The molecule has 0 unspecified atom stereocenters. The van der Waals surface area contributed by atoms with Gasteiger partial charge in [0.05, 0.1) is 12.3 Å². The van der Waals surface area contributed by atoms with E-state index in [0.717, 1.165) is 5.65 Å². The van der Waals surface area contributed by atoms with Gasteiger partial charge in [-0.1, -0.05) is 6.07 Å². The minimum atomic E-state index is -0.216. The minimum absolute atomic E-state index is 0.134. The molecule has 0 bridgehead atoms. The van der Waals surface area contributed by atoms with Crippen LogP contribution in [0.1, 0.15) is 5.69 Å². The summed E-state index contributed by atoms with van der Waals surface area (Å²) in [6.07, 6.45) is 3.27. The van der Waals surface area contributed by atoms with Gasteiger partial charge in [0.1, 0.15) is 10.7 Å². The third kappa shape index (κ3) is 2.25. The number of H-pyrrole nitrogens is 1. The number of imidazole rings is 1. The van der Waals surface area contributed by atoms with Crippen LogP contribution in [-0.2, 0) is 6.61 Å². The Balaban J connectivity index is 2.07. The van der Waals surface area contributed by atoms with Crippen molar-refractivity contribution in [2.45, 2.75) is 16.8 Å². The van der Waals surface area contributed by atoms with Gasteiger partial charge < -0.3 is 14.5 Å². The zero-order chi connectivity index (χ0) is 13.2. The Morgan fingerprint density at radius 2 is 2.26 bits per heavy atom. The van der Waals surface area contributed by atoms with Crippen molar-refractivity contribution in [3.05, 3.63) is 52.7 Å². The number of pyridine rings is 1. The Kier molecular flexibility index (Phi) is 3.06. The molecule has 0 saturated heterocycles. The highest BCUT2D eigenvalue weighted by Gasteiger charge is 2.13. The van der Waals surface area contributed by atoms with Gasteiger partial charge in [-0.05, 0) is 23.9 Å². The molecule has 3 heterocycles. The maximum absolute atomic E-state index is 11.2. The summed E-state index contributed by atoms with van der Waals surface area (Å²) in [5.41, 5.74) is 1.20. The second-order valence-corrected chi connectivity index (χ2v) is 4.77. The van der Waals surface area contributed by atoms with E-state index < -0.39 is 0 Å². The summed E-state index contributed by atoms with van der Waals surface area (Å²) in [6, 6.07) is 6.94. The van der Waals surface area contributed by atoms with E-state index in [1.807, 2.05) is 28.8 Å². The molecule has 0 atom stereocenters. The number of hydrogen-bond acceptors (Lipinski definition) is 5. The predicted octanol–water partition coefficient (Wildman–Crippen LogP) is 1.06. The molecule has 96 valence electrons. The Hall–Kier alpha value is -2.12. The SMILES string of the molecule is O=c1ccnc(Sc2nc3ccccn3c2CO)[nH]1. The first-order valence-corrected chi connectivity index (χ1v) is 6.39. The Morgan fingerprint density at radius 3 is 3.05 bits per heavy atom. The lowest BCUT2D eigenvalue weighted by molar-refractivity contribution is 0.272. The number of fused-ring (bicyclic) bond motifs is 1. The molecule has 0 amide bonds. The fraction of sp³-hybridized carbons (Fsp3) is 0.0833. The van der Waals surface area contributed by atoms with Crippen molar-refractivity contribution < 1.29 is 5.11 Å². The van der Waals surface area contributed by atoms with Gasteiger partial charge in [-0.25, -0.2) is 9.97 Å². The molecule has 2 N–H and O–H groups in total. The van der Waals surface area contributed by atoms with Gasteiger partial charge in [0.25, 0.3) is 5.56 Å². The average molecular weight is 274 g/mol. The van der Waals surface area contributed by atoms with E-state index in [1.165, 1.54) is 24.0 Å². The third-order valence-corrected chi connectivity index (χ3v) is 3.50. The highest BCUT2D eigenvalue weighted by Crippen LogP contribution is 2.27. The van der Waals surface area contributed by atoms with Crippen molar-refractivity contribution >= 4 is 17.4 Å². The van der Waals surface area contributed by atoms with Crippen molar-refractivity contribution in [2.75, 3.05) is 0 Å². The molecule has 7 heteroatoms. The largest absolute Gasteiger partial charge is 0.390 e. The van der Waals surface area contributed by atoms with Crippen LogP contribution < -0.4 is 5.56 Å². The second kappa shape index (κ2) is 4.87. The van der Waals surface area contributed by atoms with Crippen LogP contribution in [0.2, 0.25) is 0 Å². The summed E-state index contributed by atoms with van der Waals surface area (Å²) in [6.45, 7) is -0.134. The predicted molar refractivity (Wildman–Crippen MR) is 70.1 cm³/mol. The van der Waals surface area contributed by atoms with Crippen LogP contribution in [0.5, 0.6) is 0 Å². The van der Waals surface area contributed by atoms with Crippen molar-refractivity contribution in [3.63, 3.8) is 0 Å². The first kappa shape index (κ1) is 11.9. The van der Waals surface area contributed by atoms with E-state index in [9.17, 15) is 9.90 Å². The van der Waals surface area contributed by atoms with Gasteiger partial charge in [-0.3, -0.25) is 4.79 Å². The van der Waals surface area contributed by atoms with E-state index >= 15 is 0 Å². The molecule has 3 aromatic rings. The van der Waals surface area contributed by atoms with Gasteiger partial charge in [0.15, 0.2) is 5.16 Å². The minimum Gasteiger partial charge on any atom is -0.390 e. The summed E-state index contributed by atoms with van der Waals surface area (Å²) in [5, 5.41) is 10.5. The van der Waals surface area contributed by atoms with E-state index in [4.69, 9.17) is 0 Å². The maximum atomic E-state index is 11.2. The average Bonchev–Trinajstić information content (AvgIpc) is 2.75. The molecule has 19 heavy (non-hydrogen) atoms. The van der Waals surface area contributed by atoms with Crippen molar-refractivity contribution in [3.8, 4) is 0 Å². The molecule has 0 fully saturated rings. The highest BCUT2D eigenvalue weighted by atomic mass is 32.2. The zero-order valence-electron chi connectivity index (χ0n) is 9.78. The summed E-state index contributed by atoms with van der Waals surface area (Å²) in [7, 11) is 0. The van der Waals surface area contributed by atoms with Crippen molar-refractivity contribution in [2.24, 2.45) is 0 Å². The molecular formula is C12H10N4O2S. The number of aromatic amines is 1. The van der Waals surface area contributed by atoms with Crippen molar-refractivity contribution in [1.29, 1.82) is 0 Å². The van der Waals surface area contributed by atoms with Crippen LogP contribution in [-0.4, -0.2) is 24.5 Å². The van der Waals surface area contributed by atoms with Crippen LogP contribution in [0, 0.1) is 0 Å². The quantitative estimate of drug-likeness (QED) is 0.698. The van der Waals surface area contributed by atoms with Gasteiger partial charge in [-0.15, -0.1) is 0 Å². The third-order valence-electron chi connectivity index (χ3n) is 2.58. The molecule has 0 saturated carbocycles. The second-order valence-electron chi connectivity index (χ2n) is 3.79. The number of nitrogens with one attached hydrogen (secondary N) is 1. The van der Waals surface area contributed by atoms with Gasteiger partial charge in [-0.2, -0.15) is 0 Å². The van der Waals surface area contributed by atoms with Crippen LogP contribution in [0.3, 0.4) is 0 Å². The number of nitrogens with zero attached hydrogens (tertiary/aromatic N) is 3. The smallest absolute Gasteiger partial charge is 0.251 e. The first-order chi connectivity index (χ1) is 9.28. The summed E-state index contributed by atoms with van der Waals surface area (Å²) >= 11 is 1.22. The zero-order valence-corrected chi connectivity index (χ0v) is 10.6. The van der Waals surface area contributed by atoms with Crippen LogP contribution in [0.25, 0.3) is 5.65 Å². The Labute approximate surface area is 112 Å². The maximum Gasteiger partial charge on any atom is 0.251 e. The summed E-state index contributed by atoms with van der Waals surface area (Å²) < 4.78 is 1.81. The number of aliphatic hydroxyl groups is 1. The van der Waals surface area contributed by atoms with E-state index in [0.29, 0.717) is 15.9 Å². The molecule has 6 nitrogen and oxygen atoms in total. The number of rotatable bonds is 3. The number of aliphatic hydroxyl groups excluding tert-OH is 1. The fourth-order valence-corrected chi connectivity index (χ4v) is 2.61. The molecule has 0 aliphatic heterocycles. The van der Waals surface area contributed by atoms with Gasteiger partial charge >= 0.3 is 0 Å². The summed E-state index contributed by atoms with van der Waals surface area (Å²) in [4.78, 5) is 22.3. The number of aromatic nitrogens is 4.